The number of nitrogens with zero attached hydrogens (tertiary/aromatic N) is 1. The Balaban J connectivity index is 1.60. The van der Waals surface area contributed by atoms with Gasteiger partial charge in [-0.3, -0.25) is 25.4 Å². The van der Waals surface area contributed by atoms with Crippen LogP contribution in [0.2, 0.25) is 5.02 Å². The Labute approximate surface area is 149 Å². The molecule has 0 fully saturated rings. The molecule has 0 radical (unpaired) electrons. The van der Waals surface area contributed by atoms with Gasteiger partial charge >= 0.3 is 0 Å². The number of hydrogen-bond donors (Lipinski definition) is 2. The fraction of sp³-hybridized carbons (Fsp3) is 0.235. The van der Waals surface area contributed by atoms with E-state index in [9.17, 15) is 9.59 Å². The molecule has 0 atom stereocenters. The van der Waals surface area contributed by atoms with Gasteiger partial charge in [0.1, 0.15) is 5.69 Å². The van der Waals surface area contributed by atoms with Crippen LogP contribution in [0.15, 0.2) is 36.5 Å². The summed E-state index contributed by atoms with van der Waals surface area (Å²) < 4.78 is 11.1. The topological polar surface area (TPSA) is 89.5 Å². The SMILES string of the molecule is O=C(Cc1cc(Cl)c2c(c1)OCCCO2)NNC(=O)c1ccccn1. The zero-order chi connectivity index (χ0) is 17.6. The minimum Gasteiger partial charge on any atom is -0.489 e. The lowest BCUT2D eigenvalue weighted by atomic mass is 10.1. The Morgan fingerprint density at radius 2 is 2.00 bits per heavy atom. The lowest BCUT2D eigenvalue weighted by Gasteiger charge is -2.12. The fourth-order valence-electron chi connectivity index (χ4n) is 2.30. The zero-order valence-electron chi connectivity index (χ0n) is 13.3. The Hall–Kier alpha value is -2.80. The van der Waals surface area contributed by atoms with Crippen LogP contribution in [0.5, 0.6) is 11.5 Å². The Morgan fingerprint density at radius 1 is 1.16 bits per heavy atom. The first-order valence-electron chi connectivity index (χ1n) is 7.72. The molecule has 2 aromatic rings. The van der Waals surface area contributed by atoms with Crippen molar-refractivity contribution in [2.24, 2.45) is 0 Å². The summed E-state index contributed by atoms with van der Waals surface area (Å²) in [7, 11) is 0. The van der Waals surface area contributed by atoms with Crippen molar-refractivity contribution >= 4 is 23.4 Å². The standard InChI is InChI=1S/C17H16ClN3O4/c18-12-8-11(9-14-16(12)25-7-3-6-24-14)10-15(22)20-21-17(23)13-4-1-2-5-19-13/h1-2,4-5,8-9H,3,6-7,10H2,(H,20,22)(H,21,23). The van der Waals surface area contributed by atoms with Gasteiger partial charge in [-0.25, -0.2) is 0 Å². The van der Waals surface area contributed by atoms with Gasteiger partial charge < -0.3 is 9.47 Å². The number of aromatic nitrogens is 1. The second kappa shape index (κ2) is 7.85. The quantitative estimate of drug-likeness (QED) is 0.815. The van der Waals surface area contributed by atoms with E-state index in [2.05, 4.69) is 15.8 Å². The molecule has 0 aliphatic carbocycles. The van der Waals surface area contributed by atoms with Crippen molar-refractivity contribution in [1.29, 1.82) is 0 Å². The molecule has 0 unspecified atom stereocenters. The van der Waals surface area contributed by atoms with Crippen molar-refractivity contribution in [2.45, 2.75) is 12.8 Å². The number of carbonyl (C=O) groups excluding carboxylic acids is 2. The molecule has 2 amide bonds. The van der Waals surface area contributed by atoms with E-state index in [1.165, 1.54) is 6.20 Å². The predicted molar refractivity (Wildman–Crippen MR) is 90.6 cm³/mol. The number of rotatable bonds is 3. The second-order valence-electron chi connectivity index (χ2n) is 5.35. The van der Waals surface area contributed by atoms with Gasteiger partial charge in [-0.15, -0.1) is 0 Å². The van der Waals surface area contributed by atoms with E-state index in [1.807, 2.05) is 0 Å². The molecule has 0 saturated heterocycles. The van der Waals surface area contributed by atoms with Crippen LogP contribution >= 0.6 is 11.6 Å². The summed E-state index contributed by atoms with van der Waals surface area (Å²) in [5, 5.41) is 0.389. The Morgan fingerprint density at radius 3 is 2.80 bits per heavy atom. The van der Waals surface area contributed by atoms with Crippen LogP contribution in [-0.2, 0) is 11.2 Å². The zero-order valence-corrected chi connectivity index (χ0v) is 14.0. The average molecular weight is 362 g/mol. The molecule has 1 aliphatic heterocycles. The third-order valence-corrected chi connectivity index (χ3v) is 3.72. The highest BCUT2D eigenvalue weighted by molar-refractivity contribution is 6.32. The van der Waals surface area contributed by atoms with Gasteiger partial charge in [0.2, 0.25) is 5.91 Å². The number of hydrogen-bond acceptors (Lipinski definition) is 5. The van der Waals surface area contributed by atoms with E-state index in [1.54, 1.807) is 30.3 Å². The van der Waals surface area contributed by atoms with E-state index < -0.39 is 11.8 Å². The summed E-state index contributed by atoms with van der Waals surface area (Å²) in [5.41, 5.74) is 5.52. The van der Waals surface area contributed by atoms with Gasteiger partial charge in [-0.05, 0) is 29.8 Å². The minimum atomic E-state index is -0.495. The summed E-state index contributed by atoms with van der Waals surface area (Å²) in [6, 6.07) is 8.29. The first kappa shape index (κ1) is 17.0. The maximum atomic E-state index is 12.0. The summed E-state index contributed by atoms with van der Waals surface area (Å²) in [6.45, 7) is 1.06. The van der Waals surface area contributed by atoms with Gasteiger partial charge in [0.05, 0.1) is 24.7 Å². The summed E-state index contributed by atoms with van der Waals surface area (Å²) in [5.74, 6) is 0.123. The molecule has 1 aromatic carbocycles. The number of benzene rings is 1. The average Bonchev–Trinajstić information content (AvgIpc) is 2.86. The monoisotopic (exact) mass is 361 g/mol. The third-order valence-electron chi connectivity index (χ3n) is 3.44. The molecule has 25 heavy (non-hydrogen) atoms. The normalized spacial score (nSPS) is 12.8. The van der Waals surface area contributed by atoms with Gasteiger partial charge in [-0.1, -0.05) is 17.7 Å². The van der Waals surface area contributed by atoms with Crippen LogP contribution in [0.3, 0.4) is 0 Å². The number of fused-ring (bicyclic) bond motifs is 1. The van der Waals surface area contributed by atoms with Crippen LogP contribution in [0.25, 0.3) is 0 Å². The van der Waals surface area contributed by atoms with Crippen molar-refractivity contribution < 1.29 is 19.1 Å². The highest BCUT2D eigenvalue weighted by Gasteiger charge is 2.17. The van der Waals surface area contributed by atoms with Gasteiger partial charge in [-0.2, -0.15) is 0 Å². The molecule has 7 nitrogen and oxygen atoms in total. The van der Waals surface area contributed by atoms with Crippen molar-refractivity contribution in [3.05, 3.63) is 52.8 Å². The first-order chi connectivity index (χ1) is 12.1. The van der Waals surface area contributed by atoms with Crippen LogP contribution in [0, 0.1) is 0 Å². The summed E-state index contributed by atoms with van der Waals surface area (Å²) >= 11 is 6.20. The molecule has 1 aromatic heterocycles. The van der Waals surface area contributed by atoms with Crippen LogP contribution in [-0.4, -0.2) is 30.0 Å². The van der Waals surface area contributed by atoms with Gasteiger partial charge in [0, 0.05) is 12.6 Å². The van der Waals surface area contributed by atoms with Crippen molar-refractivity contribution in [2.75, 3.05) is 13.2 Å². The number of hydrazine groups is 1. The Kier molecular flexibility index (Phi) is 5.35. The number of amides is 2. The molecule has 0 saturated carbocycles. The fourth-order valence-corrected chi connectivity index (χ4v) is 2.59. The predicted octanol–water partition coefficient (Wildman–Crippen LogP) is 1.90. The van der Waals surface area contributed by atoms with E-state index in [-0.39, 0.29) is 12.1 Å². The van der Waals surface area contributed by atoms with Crippen molar-refractivity contribution in [3.63, 3.8) is 0 Å². The van der Waals surface area contributed by atoms with Gasteiger partial charge in [0.15, 0.2) is 11.5 Å². The Bertz CT molecular complexity index is 783. The molecular weight excluding hydrogens is 346 g/mol. The van der Waals surface area contributed by atoms with Crippen molar-refractivity contribution in [3.8, 4) is 11.5 Å². The van der Waals surface area contributed by atoms with Crippen LogP contribution < -0.4 is 20.3 Å². The molecule has 1 aliphatic rings. The summed E-state index contributed by atoms with van der Waals surface area (Å²) in [4.78, 5) is 27.8. The molecule has 0 spiro atoms. The maximum absolute atomic E-state index is 12.0. The van der Waals surface area contributed by atoms with Crippen molar-refractivity contribution in [1.82, 2.24) is 15.8 Å². The lowest BCUT2D eigenvalue weighted by Crippen LogP contribution is -2.42. The van der Waals surface area contributed by atoms with Crippen LogP contribution in [0.4, 0.5) is 0 Å². The minimum absolute atomic E-state index is 0.0266. The number of carbonyl (C=O) groups is 2. The number of pyridine rings is 1. The maximum Gasteiger partial charge on any atom is 0.288 e. The van der Waals surface area contributed by atoms with E-state index in [0.29, 0.717) is 35.3 Å². The highest BCUT2D eigenvalue weighted by Crippen LogP contribution is 2.38. The largest absolute Gasteiger partial charge is 0.489 e. The molecule has 3 rings (SSSR count). The third kappa shape index (κ3) is 4.39. The molecule has 0 bridgehead atoms. The molecule has 2 heterocycles. The molecule has 2 N–H and O–H groups in total. The number of ether oxygens (including phenoxy) is 2. The van der Waals surface area contributed by atoms with Gasteiger partial charge in [0.25, 0.3) is 5.91 Å². The van der Waals surface area contributed by atoms with E-state index in [0.717, 1.165) is 6.42 Å². The van der Waals surface area contributed by atoms with E-state index in [4.69, 9.17) is 21.1 Å². The first-order valence-corrected chi connectivity index (χ1v) is 8.09. The van der Waals surface area contributed by atoms with E-state index >= 15 is 0 Å². The van der Waals surface area contributed by atoms with Crippen LogP contribution in [0.1, 0.15) is 22.5 Å². The molecule has 130 valence electrons. The summed E-state index contributed by atoms with van der Waals surface area (Å²) in [6.07, 6.45) is 2.29. The molecule has 8 heteroatoms. The highest BCUT2D eigenvalue weighted by atomic mass is 35.5. The lowest BCUT2D eigenvalue weighted by molar-refractivity contribution is -0.121. The smallest absolute Gasteiger partial charge is 0.288 e. The number of nitrogens with one attached hydrogen (secondary N) is 2. The second-order valence-corrected chi connectivity index (χ2v) is 5.76. The number of halogens is 1. The molecular formula is C17H16ClN3O4.